The molecule has 3 aromatic rings. The number of benzene rings is 3. The van der Waals surface area contributed by atoms with E-state index in [0.717, 1.165) is 42.6 Å². The van der Waals surface area contributed by atoms with Crippen LogP contribution in [0.4, 0.5) is 11.4 Å². The van der Waals surface area contributed by atoms with Gasteiger partial charge in [-0.3, -0.25) is 4.57 Å². The molecule has 0 radical (unpaired) electrons. The van der Waals surface area contributed by atoms with Gasteiger partial charge in [-0.1, -0.05) is 55.7 Å². The summed E-state index contributed by atoms with van der Waals surface area (Å²) < 4.78 is 27.6. The Kier molecular flexibility index (Phi) is 7.97. The Hall–Kier alpha value is -2.75. The predicted molar refractivity (Wildman–Crippen MR) is 142 cm³/mol. The summed E-state index contributed by atoms with van der Waals surface area (Å²) in [5, 5.41) is 4.27. The summed E-state index contributed by atoms with van der Waals surface area (Å²) in [4.78, 5) is 2.04. The van der Waals surface area contributed by atoms with Crippen LogP contribution >= 0.6 is 7.37 Å². The second-order valence-corrected chi connectivity index (χ2v) is 11.5. The van der Waals surface area contributed by atoms with Gasteiger partial charge >= 0.3 is 0 Å². The first-order chi connectivity index (χ1) is 16.5. The molecule has 34 heavy (non-hydrogen) atoms. The van der Waals surface area contributed by atoms with Crippen molar-refractivity contribution in [2.24, 2.45) is 0 Å². The summed E-state index contributed by atoms with van der Waals surface area (Å²) in [5.41, 5.74) is 2.76. The summed E-state index contributed by atoms with van der Waals surface area (Å²) in [7, 11) is 2.22. The first-order valence-electron chi connectivity index (χ1n) is 12.0. The van der Waals surface area contributed by atoms with Gasteiger partial charge in [0.25, 0.3) is 7.37 Å². The van der Waals surface area contributed by atoms with Crippen LogP contribution in [0.15, 0.2) is 78.9 Å². The molecule has 1 aliphatic rings. The molecule has 1 saturated carbocycles. The van der Waals surface area contributed by atoms with Crippen LogP contribution in [0.1, 0.15) is 43.5 Å². The van der Waals surface area contributed by atoms with Crippen LogP contribution in [0.2, 0.25) is 0 Å². The standard InChI is InChI=1S/C28H35N2O3P/c1-30(2)23-18-20-25(21-19-23)34(31,33-24-14-8-5-9-15-24)28(29-22-12-6-4-7-13-22)26-16-10-11-17-27(26)32-3/h4,6-7,10-13,16-21,24,28-29H,5,8-9,14-15H2,1-3H3/t28-,34+/m1/s1. The second-order valence-electron chi connectivity index (χ2n) is 9.03. The number of nitrogens with zero attached hydrogens (tertiary/aromatic N) is 1. The summed E-state index contributed by atoms with van der Waals surface area (Å²) in [6.07, 6.45) is 5.27. The lowest BCUT2D eigenvalue weighted by molar-refractivity contribution is 0.159. The number of hydrogen-bond donors (Lipinski definition) is 1. The van der Waals surface area contributed by atoms with E-state index in [1.54, 1.807) is 7.11 Å². The number of anilines is 2. The average Bonchev–Trinajstić information content (AvgIpc) is 2.88. The number of ether oxygens (including phenoxy) is 1. The Morgan fingerprint density at radius 2 is 1.53 bits per heavy atom. The highest BCUT2D eigenvalue weighted by Crippen LogP contribution is 2.61. The van der Waals surface area contributed by atoms with Gasteiger partial charge in [-0.15, -0.1) is 0 Å². The van der Waals surface area contributed by atoms with Crippen molar-refractivity contribution < 1.29 is 13.8 Å². The van der Waals surface area contributed by atoms with Crippen molar-refractivity contribution in [2.75, 3.05) is 31.4 Å². The highest BCUT2D eigenvalue weighted by molar-refractivity contribution is 7.67. The van der Waals surface area contributed by atoms with E-state index in [4.69, 9.17) is 9.26 Å². The Morgan fingerprint density at radius 3 is 2.18 bits per heavy atom. The van der Waals surface area contributed by atoms with Crippen LogP contribution in [0.3, 0.4) is 0 Å². The van der Waals surface area contributed by atoms with E-state index in [-0.39, 0.29) is 6.10 Å². The smallest absolute Gasteiger partial charge is 0.258 e. The van der Waals surface area contributed by atoms with E-state index < -0.39 is 13.2 Å². The Morgan fingerprint density at radius 1 is 0.882 bits per heavy atom. The number of hydrogen-bond acceptors (Lipinski definition) is 5. The van der Waals surface area contributed by atoms with E-state index >= 15 is 4.57 Å². The molecule has 1 fully saturated rings. The van der Waals surface area contributed by atoms with E-state index in [9.17, 15) is 0 Å². The Bertz CT molecular complexity index is 1100. The van der Waals surface area contributed by atoms with Gasteiger partial charge < -0.3 is 19.5 Å². The van der Waals surface area contributed by atoms with Gasteiger partial charge in [0, 0.05) is 36.3 Å². The number of para-hydroxylation sites is 2. The van der Waals surface area contributed by atoms with E-state index in [0.29, 0.717) is 11.1 Å². The van der Waals surface area contributed by atoms with Gasteiger partial charge in [0.1, 0.15) is 11.5 Å². The third kappa shape index (κ3) is 5.48. The number of rotatable bonds is 9. The lowest BCUT2D eigenvalue weighted by Crippen LogP contribution is -2.26. The average molecular weight is 479 g/mol. The van der Waals surface area contributed by atoms with E-state index in [2.05, 4.69) is 5.32 Å². The highest BCUT2D eigenvalue weighted by atomic mass is 31.2. The molecule has 0 bridgehead atoms. The summed E-state index contributed by atoms with van der Waals surface area (Å²) in [5.74, 6) is 0.0893. The summed E-state index contributed by atoms with van der Waals surface area (Å²) >= 11 is 0. The zero-order chi connectivity index (χ0) is 24.0. The molecule has 3 aromatic carbocycles. The van der Waals surface area contributed by atoms with Crippen LogP contribution < -0.4 is 20.3 Å². The largest absolute Gasteiger partial charge is 0.496 e. The lowest BCUT2D eigenvalue weighted by Gasteiger charge is -2.34. The first kappa shape index (κ1) is 24.4. The quantitative estimate of drug-likeness (QED) is 0.342. The van der Waals surface area contributed by atoms with Crippen molar-refractivity contribution in [3.05, 3.63) is 84.4 Å². The third-order valence-corrected chi connectivity index (χ3v) is 9.15. The van der Waals surface area contributed by atoms with Crippen molar-refractivity contribution in [3.63, 3.8) is 0 Å². The van der Waals surface area contributed by atoms with Crippen molar-refractivity contribution in [2.45, 2.75) is 44.0 Å². The van der Waals surface area contributed by atoms with Crippen LogP contribution in [0.5, 0.6) is 5.75 Å². The fraction of sp³-hybridized carbons (Fsp3) is 0.357. The van der Waals surface area contributed by atoms with Gasteiger partial charge in [-0.25, -0.2) is 0 Å². The molecule has 0 amide bonds. The molecule has 180 valence electrons. The SMILES string of the molecule is COc1ccccc1[C@H](Nc1ccccc1)[P@@](=O)(OC1CCCCC1)c1ccc(N(C)C)cc1. The maximum Gasteiger partial charge on any atom is 0.258 e. The molecule has 0 spiro atoms. The van der Waals surface area contributed by atoms with E-state index in [1.165, 1.54) is 6.42 Å². The minimum atomic E-state index is -3.44. The molecule has 0 aliphatic heterocycles. The molecule has 6 heteroatoms. The maximum atomic E-state index is 15.2. The molecule has 0 aromatic heterocycles. The lowest BCUT2D eigenvalue weighted by atomic mass is 9.98. The van der Waals surface area contributed by atoms with Crippen LogP contribution in [0, 0.1) is 0 Å². The molecule has 0 heterocycles. The summed E-state index contributed by atoms with van der Waals surface area (Å²) in [6, 6.07) is 25.6. The minimum absolute atomic E-state index is 0.0251. The maximum absolute atomic E-state index is 15.2. The van der Waals surface area contributed by atoms with Gasteiger partial charge in [0.05, 0.1) is 13.2 Å². The van der Waals surface area contributed by atoms with Crippen LogP contribution in [-0.2, 0) is 9.09 Å². The fourth-order valence-electron chi connectivity index (χ4n) is 4.55. The number of methoxy groups -OCH3 is 1. The van der Waals surface area contributed by atoms with Gasteiger partial charge in [0.2, 0.25) is 0 Å². The minimum Gasteiger partial charge on any atom is -0.496 e. The molecule has 1 N–H and O–H groups in total. The normalized spacial score (nSPS) is 16.9. The highest BCUT2D eigenvalue weighted by Gasteiger charge is 2.41. The van der Waals surface area contributed by atoms with Crippen molar-refractivity contribution in [1.82, 2.24) is 0 Å². The molecular weight excluding hydrogens is 443 g/mol. The molecule has 2 atom stereocenters. The van der Waals surface area contributed by atoms with Crippen LogP contribution in [0.25, 0.3) is 0 Å². The zero-order valence-corrected chi connectivity index (χ0v) is 21.2. The fourth-order valence-corrected chi connectivity index (χ4v) is 7.21. The second kappa shape index (κ2) is 11.1. The van der Waals surface area contributed by atoms with Crippen molar-refractivity contribution in [1.29, 1.82) is 0 Å². The third-order valence-electron chi connectivity index (χ3n) is 6.43. The van der Waals surface area contributed by atoms with Gasteiger partial charge in [0.15, 0.2) is 0 Å². The molecule has 0 saturated heterocycles. The molecule has 5 nitrogen and oxygen atoms in total. The Balaban J connectivity index is 1.84. The molecule has 1 aliphatic carbocycles. The van der Waals surface area contributed by atoms with Gasteiger partial charge in [-0.2, -0.15) is 0 Å². The summed E-state index contributed by atoms with van der Waals surface area (Å²) in [6.45, 7) is 0. The van der Waals surface area contributed by atoms with Crippen LogP contribution in [-0.4, -0.2) is 27.3 Å². The molecule has 4 rings (SSSR count). The monoisotopic (exact) mass is 478 g/mol. The topological polar surface area (TPSA) is 50.8 Å². The van der Waals surface area contributed by atoms with Crippen molar-refractivity contribution in [3.8, 4) is 5.75 Å². The first-order valence-corrected chi connectivity index (χ1v) is 13.7. The van der Waals surface area contributed by atoms with Gasteiger partial charge in [-0.05, 0) is 55.3 Å². The zero-order valence-electron chi connectivity index (χ0n) is 20.3. The predicted octanol–water partition coefficient (Wildman–Crippen LogP) is 6.82. The van der Waals surface area contributed by atoms with E-state index in [1.807, 2.05) is 97.9 Å². The molecular formula is C28H35N2O3P. The number of nitrogens with one attached hydrogen (secondary N) is 1. The van der Waals surface area contributed by atoms with Crippen molar-refractivity contribution >= 4 is 24.0 Å². The Labute approximate surface area is 203 Å². The molecule has 0 unspecified atom stereocenters.